The number of ketones is 1. The molecule has 0 N–H and O–H groups in total. The van der Waals surface area contributed by atoms with E-state index >= 15 is 0 Å². The molecule has 2 radical (unpaired) electrons. The van der Waals surface area contributed by atoms with Crippen LogP contribution >= 0.6 is 0 Å². The van der Waals surface area contributed by atoms with E-state index in [-0.39, 0.29) is 40.3 Å². The zero-order valence-corrected chi connectivity index (χ0v) is 10.6. The molecule has 0 amide bonds. The molecular weight excluding hydrogens is 408 g/mol. The van der Waals surface area contributed by atoms with Gasteiger partial charge >= 0.3 is 73.1 Å². The van der Waals surface area contributed by atoms with Crippen molar-refractivity contribution in [3.63, 3.8) is 0 Å². The standard InChI is InChI=1S/C7H9O3Se.Au/c1-3-10-7(9)6(4-11)5(2)8;/h4H,3H2,1-2H3;/b6-4-;. The minimum Gasteiger partial charge on any atom is 0 e. The Hall–Kier alpha value is 0.140. The van der Waals surface area contributed by atoms with Gasteiger partial charge in [-0.05, 0) is 0 Å². The molecule has 3 nitrogen and oxygen atoms in total. The molecule has 72 valence electrons. The van der Waals surface area contributed by atoms with E-state index in [0.717, 1.165) is 0 Å². The second-order valence-corrected chi connectivity index (χ2v) is 2.30. The largest absolute Gasteiger partial charge is 0 e. The van der Waals surface area contributed by atoms with Crippen molar-refractivity contribution in [2.24, 2.45) is 0 Å². The Bertz CT molecular complexity index is 201. The molecule has 0 saturated heterocycles. The molecule has 12 heavy (non-hydrogen) atoms. The molecule has 0 aliphatic rings. The predicted octanol–water partition coefficient (Wildman–Crippen LogP) is 0.188. The Balaban J connectivity index is 0. The first-order chi connectivity index (χ1) is 5.13. The van der Waals surface area contributed by atoms with Crippen molar-refractivity contribution < 1.29 is 36.7 Å². The fourth-order valence-corrected chi connectivity index (χ4v) is 1.03. The van der Waals surface area contributed by atoms with Crippen LogP contribution in [0.4, 0.5) is 0 Å². The molecule has 0 atom stereocenters. The molecule has 0 saturated carbocycles. The molecule has 0 rings (SSSR count). The number of hydrogen-bond acceptors (Lipinski definition) is 3. The molecule has 0 aromatic carbocycles. The summed E-state index contributed by atoms with van der Waals surface area (Å²) in [5.74, 6) is -0.860. The predicted molar refractivity (Wildman–Crippen MR) is 41.2 cm³/mol. The van der Waals surface area contributed by atoms with Gasteiger partial charge in [0.1, 0.15) is 0 Å². The summed E-state index contributed by atoms with van der Waals surface area (Å²) in [5.41, 5.74) is 0.0619. The van der Waals surface area contributed by atoms with Crippen molar-refractivity contribution in [2.45, 2.75) is 13.8 Å². The van der Waals surface area contributed by atoms with Gasteiger partial charge in [-0.25, -0.2) is 0 Å². The van der Waals surface area contributed by atoms with Gasteiger partial charge < -0.3 is 0 Å². The second-order valence-electron chi connectivity index (χ2n) is 1.81. The molecule has 0 aliphatic heterocycles. The number of Topliss-reactive ketones (excluding diaryl/α,β-unsaturated/α-hetero) is 1. The molecule has 0 aliphatic carbocycles. The average molecular weight is 417 g/mol. The SMILES string of the molecule is CCOC(=O)/C(=C\[Se])C(C)=O.[Au]. The molecule has 0 spiro atoms. The molecule has 0 unspecified atom stereocenters. The minimum absolute atomic E-state index is 0. The summed E-state index contributed by atoms with van der Waals surface area (Å²) < 4.78 is 4.61. The summed E-state index contributed by atoms with van der Waals surface area (Å²) in [5, 5.41) is 0. The van der Waals surface area contributed by atoms with Crippen LogP contribution in [-0.2, 0) is 36.7 Å². The van der Waals surface area contributed by atoms with Crippen LogP contribution in [0, 0.1) is 0 Å². The summed E-state index contributed by atoms with van der Waals surface area (Å²) >= 11 is 2.48. The summed E-state index contributed by atoms with van der Waals surface area (Å²) in [4.78, 5) is 22.9. The van der Waals surface area contributed by atoms with E-state index in [2.05, 4.69) is 20.7 Å². The van der Waals surface area contributed by atoms with Crippen LogP contribution in [0.25, 0.3) is 0 Å². The normalized spacial score (nSPS) is 10.0. The van der Waals surface area contributed by atoms with Crippen molar-refractivity contribution >= 4 is 27.8 Å². The zero-order valence-electron chi connectivity index (χ0n) is 6.72. The monoisotopic (exact) mass is 418 g/mol. The summed E-state index contributed by atoms with van der Waals surface area (Å²) in [6.07, 6.45) is 0. The van der Waals surface area contributed by atoms with E-state index in [1.807, 2.05) is 0 Å². The molecule has 0 aromatic rings. The first kappa shape index (κ1) is 14.7. The molecule has 0 aromatic heterocycles. The topological polar surface area (TPSA) is 43.4 Å². The molecule has 5 heteroatoms. The fourth-order valence-electron chi connectivity index (χ4n) is 0.484. The van der Waals surface area contributed by atoms with E-state index in [4.69, 9.17) is 0 Å². The van der Waals surface area contributed by atoms with Gasteiger partial charge in [0.05, 0.1) is 0 Å². The van der Waals surface area contributed by atoms with E-state index in [1.165, 1.54) is 11.9 Å². The third-order valence-electron chi connectivity index (χ3n) is 0.992. The van der Waals surface area contributed by atoms with Gasteiger partial charge in [0, 0.05) is 22.4 Å². The Morgan fingerprint density at radius 1 is 1.50 bits per heavy atom. The number of esters is 1. The van der Waals surface area contributed by atoms with Gasteiger partial charge in [-0.15, -0.1) is 0 Å². The number of carbonyl (C=O) groups excluding carboxylic acids is 2. The summed E-state index contributed by atoms with van der Waals surface area (Å²) in [6.45, 7) is 3.29. The molecular formula is C7H9AuO3Se. The summed E-state index contributed by atoms with van der Waals surface area (Å²) in [6, 6.07) is 0. The first-order valence-corrected chi connectivity index (χ1v) is 4.12. The molecule has 0 heterocycles. The van der Waals surface area contributed by atoms with E-state index < -0.39 is 5.97 Å². The van der Waals surface area contributed by atoms with Crippen LogP contribution in [0.5, 0.6) is 0 Å². The Labute approximate surface area is 95.2 Å². The van der Waals surface area contributed by atoms with Gasteiger partial charge in [0.2, 0.25) is 0 Å². The quantitative estimate of drug-likeness (QED) is 0.217. The van der Waals surface area contributed by atoms with Gasteiger partial charge in [0.25, 0.3) is 0 Å². The van der Waals surface area contributed by atoms with Crippen molar-refractivity contribution in [2.75, 3.05) is 6.61 Å². The van der Waals surface area contributed by atoms with Gasteiger partial charge in [0.15, 0.2) is 0 Å². The Morgan fingerprint density at radius 2 is 2.00 bits per heavy atom. The number of carbonyl (C=O) groups is 2. The van der Waals surface area contributed by atoms with Crippen molar-refractivity contribution in [3.8, 4) is 0 Å². The van der Waals surface area contributed by atoms with E-state index in [1.54, 1.807) is 6.92 Å². The number of rotatable bonds is 3. The number of ether oxygens (including phenoxy) is 1. The maximum Gasteiger partial charge on any atom is 0 e. The summed E-state index contributed by atoms with van der Waals surface area (Å²) in [7, 11) is 0. The first-order valence-electron chi connectivity index (χ1n) is 3.13. The molecule has 0 fully saturated rings. The van der Waals surface area contributed by atoms with Gasteiger partial charge in [-0.1, -0.05) is 0 Å². The van der Waals surface area contributed by atoms with E-state index in [0.29, 0.717) is 0 Å². The maximum atomic E-state index is 10.9. The Kier molecular flexibility index (Phi) is 9.49. The minimum atomic E-state index is -0.571. The fraction of sp³-hybridized carbons (Fsp3) is 0.429. The van der Waals surface area contributed by atoms with Gasteiger partial charge in [-0.3, -0.25) is 0 Å². The van der Waals surface area contributed by atoms with Crippen LogP contribution in [0.3, 0.4) is 0 Å². The van der Waals surface area contributed by atoms with Crippen LogP contribution in [0.2, 0.25) is 0 Å². The third kappa shape index (κ3) is 4.91. The molecule has 0 bridgehead atoms. The average Bonchev–Trinajstić information content (AvgIpc) is 1.88. The van der Waals surface area contributed by atoms with Crippen LogP contribution < -0.4 is 0 Å². The third-order valence-corrected chi connectivity index (χ3v) is 1.49. The van der Waals surface area contributed by atoms with Crippen LogP contribution in [-0.4, -0.2) is 34.4 Å². The van der Waals surface area contributed by atoms with Crippen LogP contribution in [0.1, 0.15) is 13.8 Å². The number of hydrogen-bond donors (Lipinski definition) is 0. The van der Waals surface area contributed by atoms with Gasteiger partial charge in [-0.2, -0.15) is 0 Å². The maximum absolute atomic E-state index is 10.9. The smallest absolute Gasteiger partial charge is 0 e. The van der Waals surface area contributed by atoms with Crippen molar-refractivity contribution in [1.82, 2.24) is 0 Å². The second kappa shape index (κ2) is 7.77. The Morgan fingerprint density at radius 3 is 2.25 bits per heavy atom. The van der Waals surface area contributed by atoms with E-state index in [9.17, 15) is 9.59 Å². The zero-order chi connectivity index (χ0) is 8.85. The van der Waals surface area contributed by atoms with Crippen molar-refractivity contribution in [1.29, 1.82) is 0 Å². The van der Waals surface area contributed by atoms with Crippen molar-refractivity contribution in [3.05, 3.63) is 10.5 Å². The van der Waals surface area contributed by atoms with Crippen LogP contribution in [0.15, 0.2) is 10.5 Å².